The van der Waals surface area contributed by atoms with Gasteiger partial charge >= 0.3 is 0 Å². The Bertz CT molecular complexity index is 756. The minimum atomic E-state index is -0.0921. The molecule has 1 aromatic heterocycles. The average molecular weight is 342 g/mol. The van der Waals surface area contributed by atoms with E-state index in [2.05, 4.69) is 22.4 Å². The lowest BCUT2D eigenvalue weighted by molar-refractivity contribution is -0.143. The molecule has 2 aromatic rings. The van der Waals surface area contributed by atoms with Crippen LogP contribution in [0.3, 0.4) is 0 Å². The minimum absolute atomic E-state index is 0.0921. The molecule has 2 fully saturated rings. The van der Waals surface area contributed by atoms with Crippen molar-refractivity contribution in [3.8, 4) is 0 Å². The van der Waals surface area contributed by atoms with Crippen LogP contribution < -0.4 is 5.32 Å². The van der Waals surface area contributed by atoms with E-state index >= 15 is 0 Å². The van der Waals surface area contributed by atoms with E-state index < -0.39 is 0 Å². The second kappa shape index (κ2) is 6.81. The molecule has 1 unspecified atom stereocenters. The van der Waals surface area contributed by atoms with E-state index in [9.17, 15) is 4.79 Å². The maximum absolute atomic E-state index is 12.7. The first-order chi connectivity index (χ1) is 12.2. The number of carbonyl (C=O) groups excluding carboxylic acids is 1. The molecule has 1 amide bonds. The van der Waals surface area contributed by atoms with Gasteiger partial charge in [-0.1, -0.05) is 18.2 Å². The molecule has 4 rings (SSSR count). The van der Waals surface area contributed by atoms with Crippen LogP contribution in [-0.4, -0.2) is 42.4 Å². The van der Waals surface area contributed by atoms with Crippen molar-refractivity contribution in [2.75, 3.05) is 19.8 Å². The van der Waals surface area contributed by atoms with Gasteiger partial charge in [-0.05, 0) is 44.2 Å². The molecule has 25 heavy (non-hydrogen) atoms. The Hall–Kier alpha value is -1.85. The topological polar surface area (TPSA) is 63.4 Å². The van der Waals surface area contributed by atoms with Crippen molar-refractivity contribution in [2.24, 2.45) is 0 Å². The summed E-state index contributed by atoms with van der Waals surface area (Å²) < 4.78 is 11.5. The normalized spacial score (nSPS) is 23.0. The number of nitrogens with one attached hydrogen (secondary N) is 2. The maximum atomic E-state index is 12.7. The molecule has 2 aliphatic rings. The van der Waals surface area contributed by atoms with Crippen molar-refractivity contribution in [1.82, 2.24) is 10.3 Å². The van der Waals surface area contributed by atoms with E-state index in [1.165, 1.54) is 0 Å². The zero-order chi connectivity index (χ0) is 17.3. The van der Waals surface area contributed by atoms with Gasteiger partial charge in [-0.3, -0.25) is 4.79 Å². The number of aromatic amines is 1. The highest BCUT2D eigenvalue weighted by Crippen LogP contribution is 2.34. The Morgan fingerprint density at radius 2 is 2.08 bits per heavy atom. The summed E-state index contributed by atoms with van der Waals surface area (Å²) in [6.45, 7) is 4.27. The van der Waals surface area contributed by atoms with E-state index in [4.69, 9.17) is 9.47 Å². The van der Waals surface area contributed by atoms with E-state index in [1.807, 2.05) is 19.1 Å². The van der Waals surface area contributed by atoms with Gasteiger partial charge in [0.05, 0.1) is 12.0 Å². The predicted octanol–water partition coefficient (Wildman–Crippen LogP) is 2.86. The molecule has 0 bridgehead atoms. The molecule has 1 atom stereocenters. The van der Waals surface area contributed by atoms with Crippen molar-refractivity contribution < 1.29 is 14.3 Å². The van der Waals surface area contributed by atoms with E-state index in [0.29, 0.717) is 6.42 Å². The van der Waals surface area contributed by atoms with Gasteiger partial charge < -0.3 is 19.8 Å². The molecule has 1 aromatic carbocycles. The first-order valence-corrected chi connectivity index (χ1v) is 9.22. The Morgan fingerprint density at radius 3 is 2.92 bits per heavy atom. The number of rotatable bonds is 3. The highest BCUT2D eigenvalue weighted by atomic mass is 16.5. The molecule has 3 heterocycles. The molecule has 5 nitrogen and oxygen atoms in total. The first-order valence-electron chi connectivity index (χ1n) is 9.22. The molecular weight excluding hydrogens is 316 g/mol. The largest absolute Gasteiger partial charge is 0.381 e. The van der Waals surface area contributed by atoms with Crippen molar-refractivity contribution in [1.29, 1.82) is 0 Å². The Morgan fingerprint density at radius 1 is 1.28 bits per heavy atom. The highest BCUT2D eigenvalue weighted by molar-refractivity contribution is 5.90. The molecule has 134 valence electrons. The van der Waals surface area contributed by atoms with Gasteiger partial charge in [-0.15, -0.1) is 0 Å². The van der Waals surface area contributed by atoms with Crippen LogP contribution in [0.15, 0.2) is 24.3 Å². The van der Waals surface area contributed by atoms with Gasteiger partial charge in [-0.25, -0.2) is 0 Å². The fourth-order valence-corrected chi connectivity index (χ4v) is 4.24. The summed E-state index contributed by atoms with van der Waals surface area (Å²) in [6.07, 6.45) is 4.07. The highest BCUT2D eigenvalue weighted by Gasteiger charge is 2.39. The molecule has 5 heteroatoms. The monoisotopic (exact) mass is 342 g/mol. The number of aryl methyl sites for hydroxylation is 1. The number of H-pyrrole nitrogens is 1. The van der Waals surface area contributed by atoms with Crippen LogP contribution in [0.25, 0.3) is 10.9 Å². The van der Waals surface area contributed by atoms with E-state index in [1.54, 1.807) is 0 Å². The van der Waals surface area contributed by atoms with Gasteiger partial charge in [0, 0.05) is 42.5 Å². The standard InChI is InChI=1S/C20H26N2O3/c1-14-17(16-4-2-3-5-18(16)21-14)12-19(23)22-15-6-9-25-20(13-15)7-10-24-11-8-20/h2-5,15,21H,6-13H2,1H3,(H,22,23). The van der Waals surface area contributed by atoms with Gasteiger partial charge in [0.15, 0.2) is 0 Å². The smallest absolute Gasteiger partial charge is 0.224 e. The number of fused-ring (bicyclic) bond motifs is 1. The minimum Gasteiger partial charge on any atom is -0.381 e. The van der Waals surface area contributed by atoms with Crippen LogP contribution in [0.1, 0.15) is 36.9 Å². The molecule has 0 saturated carbocycles. The van der Waals surface area contributed by atoms with Crippen LogP contribution in [0.5, 0.6) is 0 Å². The third-order valence-corrected chi connectivity index (χ3v) is 5.63. The summed E-state index contributed by atoms with van der Waals surface area (Å²) in [7, 11) is 0. The van der Waals surface area contributed by atoms with Crippen molar-refractivity contribution in [2.45, 2.75) is 50.7 Å². The molecule has 2 N–H and O–H groups in total. The number of ether oxygens (including phenoxy) is 2. The van der Waals surface area contributed by atoms with E-state index in [0.717, 1.165) is 67.7 Å². The number of benzene rings is 1. The lowest BCUT2D eigenvalue weighted by atomic mass is 9.84. The Kier molecular flexibility index (Phi) is 4.52. The van der Waals surface area contributed by atoms with E-state index in [-0.39, 0.29) is 17.6 Å². The number of hydrogen-bond donors (Lipinski definition) is 2. The maximum Gasteiger partial charge on any atom is 0.224 e. The van der Waals surface area contributed by atoms with Gasteiger partial charge in [-0.2, -0.15) is 0 Å². The quantitative estimate of drug-likeness (QED) is 0.901. The zero-order valence-electron chi connectivity index (χ0n) is 14.8. The zero-order valence-corrected chi connectivity index (χ0v) is 14.8. The SMILES string of the molecule is Cc1[nH]c2ccccc2c1CC(=O)NC1CCOC2(CCOCC2)C1. The first kappa shape index (κ1) is 16.6. The van der Waals surface area contributed by atoms with Gasteiger partial charge in [0.2, 0.25) is 5.91 Å². The number of aromatic nitrogens is 1. The number of carbonyl (C=O) groups is 1. The molecular formula is C20H26N2O3. The summed E-state index contributed by atoms with van der Waals surface area (Å²) in [5.41, 5.74) is 3.17. The summed E-state index contributed by atoms with van der Waals surface area (Å²) >= 11 is 0. The molecule has 2 aliphatic heterocycles. The number of hydrogen-bond acceptors (Lipinski definition) is 3. The van der Waals surface area contributed by atoms with Crippen molar-refractivity contribution >= 4 is 16.8 Å². The van der Waals surface area contributed by atoms with Gasteiger partial charge in [0.25, 0.3) is 0 Å². The summed E-state index contributed by atoms with van der Waals surface area (Å²) in [4.78, 5) is 16.0. The molecule has 1 spiro atoms. The second-order valence-corrected chi connectivity index (χ2v) is 7.35. The van der Waals surface area contributed by atoms with Crippen LogP contribution in [-0.2, 0) is 20.7 Å². The number of para-hydroxylation sites is 1. The van der Waals surface area contributed by atoms with Gasteiger partial charge in [0.1, 0.15) is 0 Å². The average Bonchev–Trinajstić information content (AvgIpc) is 2.91. The second-order valence-electron chi connectivity index (χ2n) is 7.35. The Labute approximate surface area is 148 Å². The van der Waals surface area contributed by atoms with Crippen LogP contribution in [0.2, 0.25) is 0 Å². The third-order valence-electron chi connectivity index (χ3n) is 5.63. The summed E-state index contributed by atoms with van der Waals surface area (Å²) in [5.74, 6) is 0.0990. The lowest BCUT2D eigenvalue weighted by Gasteiger charge is -2.43. The summed E-state index contributed by atoms with van der Waals surface area (Å²) in [5, 5.41) is 4.39. The van der Waals surface area contributed by atoms with Crippen LogP contribution in [0.4, 0.5) is 0 Å². The van der Waals surface area contributed by atoms with Crippen molar-refractivity contribution in [3.05, 3.63) is 35.5 Å². The molecule has 0 radical (unpaired) electrons. The third kappa shape index (κ3) is 3.44. The molecule has 2 saturated heterocycles. The fourth-order valence-electron chi connectivity index (χ4n) is 4.24. The van der Waals surface area contributed by atoms with Crippen molar-refractivity contribution in [3.63, 3.8) is 0 Å². The lowest BCUT2D eigenvalue weighted by Crippen LogP contribution is -2.51. The summed E-state index contributed by atoms with van der Waals surface area (Å²) in [6, 6.07) is 8.36. The Balaban J connectivity index is 1.42. The fraction of sp³-hybridized carbons (Fsp3) is 0.550. The van der Waals surface area contributed by atoms with Crippen LogP contribution >= 0.6 is 0 Å². The predicted molar refractivity (Wildman–Crippen MR) is 96.6 cm³/mol. The van der Waals surface area contributed by atoms with Crippen LogP contribution in [0, 0.1) is 6.92 Å². The molecule has 0 aliphatic carbocycles. The number of amides is 1.